The summed E-state index contributed by atoms with van der Waals surface area (Å²) in [6.45, 7) is 0.466. The minimum absolute atomic E-state index is 0. The lowest BCUT2D eigenvalue weighted by Crippen LogP contribution is -2.18. The van der Waals surface area contributed by atoms with E-state index in [0.717, 1.165) is 18.4 Å². The highest BCUT2D eigenvalue weighted by Crippen LogP contribution is 2.43. The zero-order chi connectivity index (χ0) is 18.3. The number of carbonyl (C=O) groups excluding carboxylic acids is 1. The monoisotopic (exact) mass is 379 g/mol. The molecule has 1 heterocycles. The minimum atomic E-state index is -4.81. The van der Waals surface area contributed by atoms with Crippen LogP contribution in [0.5, 0.6) is 11.5 Å². The van der Waals surface area contributed by atoms with Crippen molar-refractivity contribution in [3.8, 4) is 22.6 Å². The third-order valence-corrected chi connectivity index (χ3v) is 4.40. The summed E-state index contributed by atoms with van der Waals surface area (Å²) < 4.78 is 48.5. The van der Waals surface area contributed by atoms with E-state index in [9.17, 15) is 18.0 Å². The summed E-state index contributed by atoms with van der Waals surface area (Å²) in [4.78, 5) is 11.5. The van der Waals surface area contributed by atoms with Gasteiger partial charge in [0, 0.05) is 5.69 Å². The fourth-order valence-electron chi connectivity index (χ4n) is 3.00. The molecule has 0 bridgehead atoms. The van der Waals surface area contributed by atoms with Gasteiger partial charge >= 0.3 is 6.36 Å². The number of halogens is 3. The van der Waals surface area contributed by atoms with E-state index >= 15 is 0 Å². The van der Waals surface area contributed by atoms with E-state index in [1.165, 1.54) is 12.1 Å². The number of ether oxygens (including phenoxy) is 2. The molecule has 0 aromatic heterocycles. The van der Waals surface area contributed by atoms with Gasteiger partial charge in [-0.1, -0.05) is 19.6 Å². The Kier molecular flexibility index (Phi) is 5.04. The molecule has 2 aromatic rings. The van der Waals surface area contributed by atoms with Crippen LogP contribution in [0.1, 0.15) is 25.8 Å². The molecule has 0 saturated heterocycles. The molecule has 0 atom stereocenters. The van der Waals surface area contributed by atoms with Crippen molar-refractivity contribution in [1.82, 2.24) is 0 Å². The Balaban J connectivity index is 0.00000210. The molecule has 1 saturated carbocycles. The van der Waals surface area contributed by atoms with E-state index < -0.39 is 6.36 Å². The molecule has 0 spiro atoms. The van der Waals surface area contributed by atoms with Crippen molar-refractivity contribution in [3.05, 3.63) is 42.0 Å². The van der Waals surface area contributed by atoms with Gasteiger partial charge in [0.2, 0.25) is 5.91 Å². The Labute approximate surface area is 155 Å². The van der Waals surface area contributed by atoms with Crippen LogP contribution in [0.4, 0.5) is 18.9 Å². The Morgan fingerprint density at radius 2 is 1.85 bits per heavy atom. The van der Waals surface area contributed by atoms with E-state index in [2.05, 4.69) is 10.1 Å². The van der Waals surface area contributed by atoms with Gasteiger partial charge in [-0.25, -0.2) is 0 Å². The van der Waals surface area contributed by atoms with Crippen LogP contribution in [0.25, 0.3) is 11.1 Å². The molecular formula is C20H20F3NO3. The van der Waals surface area contributed by atoms with Crippen LogP contribution in [0.3, 0.4) is 0 Å². The van der Waals surface area contributed by atoms with E-state index in [0.29, 0.717) is 29.5 Å². The normalized spacial score (nSPS) is 15.6. The topological polar surface area (TPSA) is 47.6 Å². The van der Waals surface area contributed by atoms with Gasteiger partial charge in [0.1, 0.15) is 11.5 Å². The van der Waals surface area contributed by atoms with Gasteiger partial charge in [0.25, 0.3) is 0 Å². The number of hydrogen-bond acceptors (Lipinski definition) is 3. The SMILES string of the molecule is C.O=C1Cc2cc(-c3c(OCC4CC4)cccc3OC(F)(F)F)ccc2N1. The summed E-state index contributed by atoms with van der Waals surface area (Å²) in [5.74, 6) is 0.345. The molecule has 0 radical (unpaired) electrons. The van der Waals surface area contributed by atoms with Crippen LogP contribution >= 0.6 is 0 Å². The Morgan fingerprint density at radius 3 is 2.56 bits per heavy atom. The summed E-state index contributed by atoms with van der Waals surface area (Å²) >= 11 is 0. The van der Waals surface area contributed by atoms with E-state index in [1.807, 2.05) is 0 Å². The average molecular weight is 379 g/mol. The van der Waals surface area contributed by atoms with Crippen LogP contribution in [-0.2, 0) is 11.2 Å². The fraction of sp³-hybridized carbons (Fsp3) is 0.350. The predicted molar refractivity (Wildman–Crippen MR) is 95.8 cm³/mol. The molecule has 0 unspecified atom stereocenters. The molecule has 4 rings (SSSR count). The summed E-state index contributed by atoms with van der Waals surface area (Å²) in [7, 11) is 0. The number of benzene rings is 2. The third-order valence-electron chi connectivity index (χ3n) is 4.40. The molecule has 1 aliphatic carbocycles. The largest absolute Gasteiger partial charge is 0.573 e. The van der Waals surface area contributed by atoms with Gasteiger partial charge in [0.05, 0.1) is 18.6 Å². The summed E-state index contributed by atoms with van der Waals surface area (Å²) in [6.07, 6.45) is -2.47. The second-order valence-corrected chi connectivity index (χ2v) is 6.53. The van der Waals surface area contributed by atoms with E-state index in [1.54, 1.807) is 24.3 Å². The van der Waals surface area contributed by atoms with Crippen molar-refractivity contribution < 1.29 is 27.4 Å². The van der Waals surface area contributed by atoms with Crippen LogP contribution < -0.4 is 14.8 Å². The highest BCUT2D eigenvalue weighted by atomic mass is 19.4. The number of hydrogen-bond donors (Lipinski definition) is 1. The molecule has 2 aliphatic rings. The number of anilines is 1. The maximum Gasteiger partial charge on any atom is 0.573 e. The molecule has 1 fully saturated rings. The molecule has 1 aliphatic heterocycles. The predicted octanol–water partition coefficient (Wildman–Crippen LogP) is 5.17. The fourth-order valence-corrected chi connectivity index (χ4v) is 3.00. The molecule has 2 aromatic carbocycles. The number of nitrogens with one attached hydrogen (secondary N) is 1. The second-order valence-electron chi connectivity index (χ2n) is 6.53. The number of fused-ring (bicyclic) bond motifs is 1. The van der Waals surface area contributed by atoms with Crippen LogP contribution in [0.15, 0.2) is 36.4 Å². The van der Waals surface area contributed by atoms with Gasteiger partial charge in [-0.15, -0.1) is 13.2 Å². The third kappa shape index (κ3) is 4.35. The van der Waals surface area contributed by atoms with Gasteiger partial charge < -0.3 is 14.8 Å². The van der Waals surface area contributed by atoms with Crippen molar-refractivity contribution in [2.75, 3.05) is 11.9 Å². The van der Waals surface area contributed by atoms with Gasteiger partial charge in [-0.05, 0) is 54.2 Å². The van der Waals surface area contributed by atoms with Gasteiger partial charge in [-0.2, -0.15) is 0 Å². The zero-order valence-electron chi connectivity index (χ0n) is 13.7. The van der Waals surface area contributed by atoms with Crippen LogP contribution in [0.2, 0.25) is 0 Å². The van der Waals surface area contributed by atoms with E-state index in [-0.39, 0.29) is 31.1 Å². The van der Waals surface area contributed by atoms with Crippen molar-refractivity contribution in [3.63, 3.8) is 0 Å². The maximum absolute atomic E-state index is 12.8. The zero-order valence-corrected chi connectivity index (χ0v) is 13.7. The lowest BCUT2D eigenvalue weighted by Gasteiger charge is -2.18. The van der Waals surface area contributed by atoms with E-state index in [4.69, 9.17) is 4.74 Å². The Hall–Kier alpha value is -2.70. The van der Waals surface area contributed by atoms with Crippen molar-refractivity contribution in [2.24, 2.45) is 5.92 Å². The molecule has 4 nitrogen and oxygen atoms in total. The van der Waals surface area contributed by atoms with Crippen LogP contribution in [-0.4, -0.2) is 18.9 Å². The quantitative estimate of drug-likeness (QED) is 0.779. The standard InChI is InChI=1S/C19H16F3NO3.CH4/c20-19(21,22)26-16-3-1-2-15(25-10-11-4-5-11)18(16)12-6-7-14-13(8-12)9-17(24)23-14;/h1-3,6-8,11H,4-5,9-10H2,(H,23,24);1H4. The van der Waals surface area contributed by atoms with Crippen molar-refractivity contribution >= 4 is 11.6 Å². The first kappa shape index (κ1) is 19.1. The number of alkyl halides is 3. The molecule has 1 N–H and O–H groups in total. The average Bonchev–Trinajstić information content (AvgIpc) is 3.31. The summed E-state index contributed by atoms with van der Waals surface area (Å²) in [6, 6.07) is 9.43. The minimum Gasteiger partial charge on any atom is -0.493 e. The summed E-state index contributed by atoms with van der Waals surface area (Å²) in [5.41, 5.74) is 2.18. The molecule has 27 heavy (non-hydrogen) atoms. The highest BCUT2D eigenvalue weighted by Gasteiger charge is 2.33. The lowest BCUT2D eigenvalue weighted by molar-refractivity contribution is -0.274. The first-order chi connectivity index (χ1) is 12.4. The Bertz CT molecular complexity index is 860. The number of rotatable bonds is 5. The first-order valence-corrected chi connectivity index (χ1v) is 8.34. The molecule has 144 valence electrons. The number of carbonyl (C=O) groups is 1. The smallest absolute Gasteiger partial charge is 0.493 e. The maximum atomic E-state index is 12.8. The van der Waals surface area contributed by atoms with Gasteiger partial charge in [0.15, 0.2) is 0 Å². The highest BCUT2D eigenvalue weighted by molar-refractivity contribution is 6.00. The molecule has 7 heteroatoms. The van der Waals surface area contributed by atoms with Gasteiger partial charge in [-0.3, -0.25) is 4.79 Å². The number of amides is 1. The van der Waals surface area contributed by atoms with Crippen LogP contribution in [0, 0.1) is 5.92 Å². The molecular weight excluding hydrogens is 359 g/mol. The van der Waals surface area contributed by atoms with Crippen molar-refractivity contribution in [1.29, 1.82) is 0 Å². The van der Waals surface area contributed by atoms with Crippen molar-refractivity contribution in [2.45, 2.75) is 33.1 Å². The molecule has 1 amide bonds. The second kappa shape index (κ2) is 7.13. The lowest BCUT2D eigenvalue weighted by atomic mass is 10.00. The first-order valence-electron chi connectivity index (χ1n) is 8.34. The summed E-state index contributed by atoms with van der Waals surface area (Å²) in [5, 5.41) is 2.71. The Morgan fingerprint density at radius 1 is 1.11 bits per heavy atom.